The van der Waals surface area contributed by atoms with Gasteiger partial charge in [0, 0.05) is 12.6 Å². The number of aliphatic imine (C=N–C) groups is 1. The van der Waals surface area contributed by atoms with Crippen molar-refractivity contribution < 1.29 is 0 Å². The van der Waals surface area contributed by atoms with E-state index in [2.05, 4.69) is 31.1 Å². The minimum absolute atomic E-state index is 0.556. The van der Waals surface area contributed by atoms with Gasteiger partial charge < -0.3 is 5.32 Å². The van der Waals surface area contributed by atoms with E-state index in [4.69, 9.17) is 0 Å². The van der Waals surface area contributed by atoms with E-state index < -0.39 is 0 Å². The molecule has 0 saturated carbocycles. The van der Waals surface area contributed by atoms with Crippen molar-refractivity contribution in [3.63, 3.8) is 0 Å². The van der Waals surface area contributed by atoms with Crippen molar-refractivity contribution in [3.8, 4) is 0 Å². The van der Waals surface area contributed by atoms with E-state index in [1.807, 2.05) is 6.34 Å². The van der Waals surface area contributed by atoms with Crippen molar-refractivity contribution in [2.75, 3.05) is 6.54 Å². The molecule has 1 unspecified atom stereocenters. The normalized spacial score (nSPS) is 13.9. The van der Waals surface area contributed by atoms with Crippen molar-refractivity contribution in [1.82, 2.24) is 5.32 Å². The summed E-state index contributed by atoms with van der Waals surface area (Å²) in [5.74, 6) is 0. The maximum absolute atomic E-state index is 4.14. The van der Waals surface area contributed by atoms with Crippen LogP contribution in [0, 0.1) is 0 Å². The van der Waals surface area contributed by atoms with E-state index in [0.29, 0.717) is 6.04 Å². The molecule has 0 aliphatic carbocycles. The predicted molar refractivity (Wildman–Crippen MR) is 46.5 cm³/mol. The van der Waals surface area contributed by atoms with Gasteiger partial charge in [0.25, 0.3) is 0 Å². The fourth-order valence-corrected chi connectivity index (χ4v) is 0.491. The zero-order valence-electron chi connectivity index (χ0n) is 7.22. The predicted octanol–water partition coefficient (Wildman–Crippen LogP) is 1.81. The fourth-order valence-electron chi connectivity index (χ4n) is 0.491. The average Bonchev–Trinajstić information content (AvgIpc) is 1.98. The molecule has 2 heteroatoms. The molecular weight excluding hydrogens is 124 g/mol. The van der Waals surface area contributed by atoms with Crippen LogP contribution in [0.3, 0.4) is 0 Å². The minimum Gasteiger partial charge on any atom is -0.374 e. The third-order valence-electron chi connectivity index (χ3n) is 1.42. The van der Waals surface area contributed by atoms with Crippen LogP contribution in [0.15, 0.2) is 4.99 Å². The van der Waals surface area contributed by atoms with Crippen molar-refractivity contribution >= 4 is 6.34 Å². The smallest absolute Gasteiger partial charge is 0.0825 e. The topological polar surface area (TPSA) is 24.4 Å². The molecule has 1 N–H and O–H groups in total. The highest BCUT2D eigenvalue weighted by atomic mass is 15.0. The van der Waals surface area contributed by atoms with Gasteiger partial charge in [-0.3, -0.25) is 4.99 Å². The lowest BCUT2D eigenvalue weighted by Crippen LogP contribution is -2.23. The van der Waals surface area contributed by atoms with Gasteiger partial charge in [-0.15, -0.1) is 0 Å². The van der Waals surface area contributed by atoms with Crippen molar-refractivity contribution in [3.05, 3.63) is 0 Å². The summed E-state index contributed by atoms with van der Waals surface area (Å²) in [6.07, 6.45) is 4.09. The lowest BCUT2D eigenvalue weighted by Gasteiger charge is -2.05. The number of nitrogens with one attached hydrogen (secondary N) is 1. The Morgan fingerprint density at radius 1 is 1.50 bits per heavy atom. The maximum Gasteiger partial charge on any atom is 0.0825 e. The van der Waals surface area contributed by atoms with Crippen molar-refractivity contribution in [1.29, 1.82) is 0 Å². The first-order valence-corrected chi connectivity index (χ1v) is 4.05. The average molecular weight is 142 g/mol. The molecule has 0 heterocycles. The number of rotatable bonds is 5. The first-order valence-electron chi connectivity index (χ1n) is 4.05. The van der Waals surface area contributed by atoms with Crippen LogP contribution in [-0.2, 0) is 0 Å². The molecule has 0 amide bonds. The Labute approximate surface area is 63.7 Å². The van der Waals surface area contributed by atoms with Gasteiger partial charge in [0.2, 0.25) is 0 Å². The summed E-state index contributed by atoms with van der Waals surface area (Å²) in [5.41, 5.74) is 0. The summed E-state index contributed by atoms with van der Waals surface area (Å²) >= 11 is 0. The van der Waals surface area contributed by atoms with E-state index in [1.54, 1.807) is 0 Å². The summed E-state index contributed by atoms with van der Waals surface area (Å²) in [4.78, 5) is 4.14. The monoisotopic (exact) mass is 142 g/mol. The Balaban J connectivity index is 3.16. The van der Waals surface area contributed by atoms with Gasteiger partial charge in [0.1, 0.15) is 0 Å². The van der Waals surface area contributed by atoms with Crippen LogP contribution >= 0.6 is 0 Å². The fraction of sp³-hybridized carbons (Fsp3) is 0.875. The Kier molecular flexibility index (Phi) is 6.24. The minimum atomic E-state index is 0.556. The second kappa shape index (κ2) is 6.59. The van der Waals surface area contributed by atoms with E-state index in [0.717, 1.165) is 19.4 Å². The molecule has 0 aromatic carbocycles. The second-order valence-corrected chi connectivity index (χ2v) is 2.51. The molecule has 1 atom stereocenters. The number of nitrogens with zero attached hydrogens (tertiary/aromatic N) is 1. The van der Waals surface area contributed by atoms with Gasteiger partial charge in [0.05, 0.1) is 6.34 Å². The molecule has 60 valence electrons. The Hall–Kier alpha value is -0.530. The molecule has 0 aromatic heterocycles. The van der Waals surface area contributed by atoms with Gasteiger partial charge in [-0.05, 0) is 19.8 Å². The molecule has 0 bridgehead atoms. The Morgan fingerprint density at radius 3 is 2.70 bits per heavy atom. The molecule has 0 radical (unpaired) electrons. The van der Waals surface area contributed by atoms with Crippen LogP contribution in [0.2, 0.25) is 0 Å². The molecule has 10 heavy (non-hydrogen) atoms. The van der Waals surface area contributed by atoms with Gasteiger partial charge in [-0.2, -0.15) is 0 Å². The summed E-state index contributed by atoms with van der Waals surface area (Å²) in [6.45, 7) is 7.37. The molecule has 0 fully saturated rings. The molecule has 0 aliphatic rings. The van der Waals surface area contributed by atoms with Crippen LogP contribution in [-0.4, -0.2) is 18.9 Å². The van der Waals surface area contributed by atoms with Crippen LogP contribution in [0.1, 0.15) is 33.6 Å². The molecule has 0 aliphatic heterocycles. The first kappa shape index (κ1) is 9.47. The molecular formula is C8H18N2. The van der Waals surface area contributed by atoms with E-state index in [1.165, 1.54) is 0 Å². The van der Waals surface area contributed by atoms with Crippen LogP contribution in [0.4, 0.5) is 0 Å². The van der Waals surface area contributed by atoms with Gasteiger partial charge in [-0.25, -0.2) is 0 Å². The van der Waals surface area contributed by atoms with E-state index in [9.17, 15) is 0 Å². The molecule has 0 rings (SSSR count). The van der Waals surface area contributed by atoms with Crippen molar-refractivity contribution in [2.24, 2.45) is 4.99 Å². The Bertz CT molecular complexity index is 89.3. The SMILES string of the molecule is CCCN=CNC(C)CC. The summed E-state index contributed by atoms with van der Waals surface area (Å²) in [6, 6.07) is 0.556. The largest absolute Gasteiger partial charge is 0.374 e. The summed E-state index contributed by atoms with van der Waals surface area (Å²) < 4.78 is 0. The highest BCUT2D eigenvalue weighted by Crippen LogP contribution is 1.84. The highest BCUT2D eigenvalue weighted by molar-refractivity contribution is 5.54. The zero-order chi connectivity index (χ0) is 7.82. The van der Waals surface area contributed by atoms with E-state index in [-0.39, 0.29) is 0 Å². The molecule has 2 nitrogen and oxygen atoms in total. The standard InChI is InChI=1S/C8H18N2/c1-4-6-9-7-10-8(3)5-2/h7-8H,4-6H2,1-3H3,(H,9,10). The van der Waals surface area contributed by atoms with Crippen LogP contribution in [0.5, 0.6) is 0 Å². The quantitative estimate of drug-likeness (QED) is 0.459. The highest BCUT2D eigenvalue weighted by Gasteiger charge is 1.89. The molecule has 0 aromatic rings. The van der Waals surface area contributed by atoms with Gasteiger partial charge in [-0.1, -0.05) is 13.8 Å². The van der Waals surface area contributed by atoms with E-state index >= 15 is 0 Å². The van der Waals surface area contributed by atoms with Crippen LogP contribution < -0.4 is 5.32 Å². The third kappa shape index (κ3) is 5.60. The second-order valence-electron chi connectivity index (χ2n) is 2.51. The molecule has 0 saturated heterocycles. The number of hydrogen-bond acceptors (Lipinski definition) is 1. The number of hydrogen-bond donors (Lipinski definition) is 1. The lowest BCUT2D eigenvalue weighted by atomic mass is 10.3. The lowest BCUT2D eigenvalue weighted by molar-refractivity contribution is 0.647. The summed E-state index contributed by atoms with van der Waals surface area (Å²) in [7, 11) is 0. The summed E-state index contributed by atoms with van der Waals surface area (Å²) in [5, 5.41) is 3.18. The van der Waals surface area contributed by atoms with Crippen molar-refractivity contribution in [2.45, 2.75) is 39.7 Å². The van der Waals surface area contributed by atoms with Gasteiger partial charge >= 0.3 is 0 Å². The third-order valence-corrected chi connectivity index (χ3v) is 1.42. The zero-order valence-corrected chi connectivity index (χ0v) is 7.22. The van der Waals surface area contributed by atoms with Crippen LogP contribution in [0.25, 0.3) is 0 Å². The van der Waals surface area contributed by atoms with Gasteiger partial charge in [0.15, 0.2) is 0 Å². The first-order chi connectivity index (χ1) is 4.81. The molecule has 0 spiro atoms. The maximum atomic E-state index is 4.14. The Morgan fingerprint density at radius 2 is 2.20 bits per heavy atom.